The molecule has 3 rings (SSSR count). The Hall–Kier alpha value is -1.59. The Morgan fingerprint density at radius 2 is 2.14 bits per heavy atom. The molecule has 22 heavy (non-hydrogen) atoms. The summed E-state index contributed by atoms with van der Waals surface area (Å²) in [6.07, 6.45) is 5.22. The van der Waals surface area contributed by atoms with E-state index < -0.39 is 6.10 Å². The van der Waals surface area contributed by atoms with Crippen LogP contribution in [0.3, 0.4) is 0 Å². The highest BCUT2D eigenvalue weighted by Crippen LogP contribution is 2.28. The summed E-state index contributed by atoms with van der Waals surface area (Å²) < 4.78 is 5.40. The van der Waals surface area contributed by atoms with Crippen molar-refractivity contribution in [3.63, 3.8) is 0 Å². The minimum Gasteiger partial charge on any atom is -0.389 e. The fraction of sp³-hybridized carbons (Fsp3) is 0.588. The molecule has 1 saturated carbocycles. The molecule has 1 atom stereocenters. The monoisotopic (exact) mass is 304 g/mol. The number of hydrogen-bond acceptors (Lipinski definition) is 3. The molecule has 0 bridgehead atoms. The van der Waals surface area contributed by atoms with Gasteiger partial charge in [0.05, 0.1) is 12.7 Å². The number of benzene rings is 1. The zero-order chi connectivity index (χ0) is 15.4. The van der Waals surface area contributed by atoms with E-state index in [1.165, 1.54) is 30.4 Å². The topological polar surface area (TPSA) is 70.6 Å². The molecule has 1 aromatic carbocycles. The Morgan fingerprint density at radius 1 is 1.32 bits per heavy atom. The summed E-state index contributed by atoms with van der Waals surface area (Å²) in [6, 6.07) is 5.76. The molecule has 0 aromatic heterocycles. The number of nitrogens with one attached hydrogen (secondary N) is 2. The van der Waals surface area contributed by atoms with Gasteiger partial charge in [0.1, 0.15) is 0 Å². The third-order valence-electron chi connectivity index (χ3n) is 4.22. The molecule has 0 saturated heterocycles. The van der Waals surface area contributed by atoms with E-state index in [4.69, 9.17) is 4.74 Å². The fourth-order valence-corrected chi connectivity index (χ4v) is 2.75. The molecule has 1 unspecified atom stereocenters. The van der Waals surface area contributed by atoms with Crippen molar-refractivity contribution in [2.75, 3.05) is 25.1 Å². The van der Waals surface area contributed by atoms with Crippen molar-refractivity contribution < 1.29 is 14.6 Å². The number of aliphatic hydroxyl groups excluding tert-OH is 1. The van der Waals surface area contributed by atoms with Crippen molar-refractivity contribution in [2.24, 2.45) is 5.92 Å². The Morgan fingerprint density at radius 3 is 2.95 bits per heavy atom. The number of hydrogen-bond donors (Lipinski definition) is 3. The molecule has 120 valence electrons. The van der Waals surface area contributed by atoms with Crippen LogP contribution in [-0.4, -0.2) is 37.0 Å². The summed E-state index contributed by atoms with van der Waals surface area (Å²) in [5, 5.41) is 15.2. The van der Waals surface area contributed by atoms with Gasteiger partial charge in [-0.05, 0) is 61.3 Å². The van der Waals surface area contributed by atoms with E-state index in [0.29, 0.717) is 5.92 Å². The van der Waals surface area contributed by atoms with Crippen molar-refractivity contribution in [1.29, 1.82) is 0 Å². The first-order valence-electron chi connectivity index (χ1n) is 8.13. The average Bonchev–Trinajstić information content (AvgIpc) is 3.20. The van der Waals surface area contributed by atoms with E-state index in [0.717, 1.165) is 25.1 Å². The van der Waals surface area contributed by atoms with E-state index in [1.807, 2.05) is 12.1 Å². The maximum atomic E-state index is 11.8. The number of ether oxygens (including phenoxy) is 1. The van der Waals surface area contributed by atoms with Gasteiger partial charge in [-0.1, -0.05) is 6.07 Å². The highest BCUT2D eigenvalue weighted by Gasteiger charge is 2.21. The van der Waals surface area contributed by atoms with Gasteiger partial charge < -0.3 is 20.5 Å². The lowest BCUT2D eigenvalue weighted by Crippen LogP contribution is -2.37. The first kappa shape index (κ1) is 15.3. The number of carbonyl (C=O) groups is 1. The number of fused-ring (bicyclic) bond motifs is 1. The molecule has 0 spiro atoms. The number of aryl methyl sites for hydroxylation is 2. The Kier molecular flexibility index (Phi) is 4.95. The number of urea groups is 1. The maximum absolute atomic E-state index is 11.8. The van der Waals surface area contributed by atoms with Crippen molar-refractivity contribution in [1.82, 2.24) is 5.32 Å². The number of aliphatic hydroxyl groups is 1. The summed E-state index contributed by atoms with van der Waals surface area (Å²) in [4.78, 5) is 11.8. The summed E-state index contributed by atoms with van der Waals surface area (Å²) in [5.74, 6) is 0.684. The van der Waals surface area contributed by atoms with Crippen molar-refractivity contribution in [3.05, 3.63) is 29.3 Å². The van der Waals surface area contributed by atoms with Gasteiger partial charge in [-0.15, -0.1) is 0 Å². The Bertz CT molecular complexity index is 529. The smallest absolute Gasteiger partial charge is 0.319 e. The van der Waals surface area contributed by atoms with Crippen LogP contribution in [0.15, 0.2) is 18.2 Å². The molecular formula is C17H24N2O3. The van der Waals surface area contributed by atoms with Gasteiger partial charge in [-0.25, -0.2) is 4.79 Å². The molecule has 0 aliphatic heterocycles. The summed E-state index contributed by atoms with van der Waals surface area (Å²) >= 11 is 0. The van der Waals surface area contributed by atoms with Gasteiger partial charge in [-0.3, -0.25) is 0 Å². The first-order valence-corrected chi connectivity index (χ1v) is 8.13. The lowest BCUT2D eigenvalue weighted by molar-refractivity contribution is 0.0339. The maximum Gasteiger partial charge on any atom is 0.319 e. The van der Waals surface area contributed by atoms with Crippen LogP contribution in [0.2, 0.25) is 0 Å². The van der Waals surface area contributed by atoms with Crippen molar-refractivity contribution in [2.45, 2.75) is 38.2 Å². The fourth-order valence-electron chi connectivity index (χ4n) is 2.75. The van der Waals surface area contributed by atoms with E-state index >= 15 is 0 Å². The largest absolute Gasteiger partial charge is 0.389 e. The predicted octanol–water partition coefficient (Wildman–Crippen LogP) is 2.08. The van der Waals surface area contributed by atoms with Crippen LogP contribution in [0, 0.1) is 5.92 Å². The van der Waals surface area contributed by atoms with Gasteiger partial charge in [0.2, 0.25) is 0 Å². The predicted molar refractivity (Wildman–Crippen MR) is 85.0 cm³/mol. The second-order valence-electron chi connectivity index (χ2n) is 6.31. The Labute approximate surface area is 131 Å². The van der Waals surface area contributed by atoms with Crippen molar-refractivity contribution in [3.8, 4) is 0 Å². The number of anilines is 1. The molecule has 2 amide bonds. The molecule has 1 fully saturated rings. The zero-order valence-corrected chi connectivity index (χ0v) is 12.8. The second-order valence-corrected chi connectivity index (χ2v) is 6.31. The lowest BCUT2D eigenvalue weighted by Gasteiger charge is -2.13. The van der Waals surface area contributed by atoms with Gasteiger partial charge in [-0.2, -0.15) is 0 Å². The zero-order valence-electron chi connectivity index (χ0n) is 12.8. The molecule has 0 radical (unpaired) electrons. The molecule has 3 N–H and O–H groups in total. The van der Waals surface area contributed by atoms with Crippen LogP contribution in [-0.2, 0) is 17.6 Å². The normalized spacial score (nSPS) is 17.9. The molecular weight excluding hydrogens is 280 g/mol. The summed E-state index contributed by atoms with van der Waals surface area (Å²) in [5.41, 5.74) is 3.51. The van der Waals surface area contributed by atoms with Crippen molar-refractivity contribution >= 4 is 11.7 Å². The SMILES string of the molecule is O=C(NCC(O)COCC1CC1)Nc1ccc2c(c1)CCC2. The van der Waals surface area contributed by atoms with Gasteiger partial charge in [0.15, 0.2) is 0 Å². The Balaban J connectivity index is 1.36. The van der Waals surface area contributed by atoms with Gasteiger partial charge >= 0.3 is 6.03 Å². The average molecular weight is 304 g/mol. The third kappa shape index (κ3) is 4.45. The second kappa shape index (κ2) is 7.11. The molecule has 5 nitrogen and oxygen atoms in total. The van der Waals surface area contributed by atoms with Crippen LogP contribution in [0.1, 0.15) is 30.4 Å². The quantitative estimate of drug-likeness (QED) is 0.722. The molecule has 2 aliphatic rings. The van der Waals surface area contributed by atoms with Crippen LogP contribution in [0.4, 0.5) is 10.5 Å². The molecule has 1 aromatic rings. The van der Waals surface area contributed by atoms with E-state index in [9.17, 15) is 9.90 Å². The van der Waals surface area contributed by atoms with E-state index in [-0.39, 0.29) is 19.2 Å². The highest BCUT2D eigenvalue weighted by atomic mass is 16.5. The van der Waals surface area contributed by atoms with Crippen LogP contribution < -0.4 is 10.6 Å². The number of carbonyl (C=O) groups excluding carboxylic acids is 1. The van der Waals surface area contributed by atoms with Crippen LogP contribution in [0.5, 0.6) is 0 Å². The van der Waals surface area contributed by atoms with Gasteiger partial charge in [0.25, 0.3) is 0 Å². The summed E-state index contributed by atoms with van der Waals surface area (Å²) in [6.45, 7) is 1.19. The van der Waals surface area contributed by atoms with E-state index in [1.54, 1.807) is 0 Å². The standard InChI is InChI=1S/C17H24N2O3/c20-16(11-22-10-12-4-5-12)9-18-17(21)19-15-7-6-13-2-1-3-14(13)8-15/h6-8,12,16,20H,1-5,9-11H2,(H2,18,19,21). The third-order valence-corrected chi connectivity index (χ3v) is 4.22. The molecule has 5 heteroatoms. The number of amides is 2. The number of rotatable bonds is 7. The lowest BCUT2D eigenvalue weighted by atomic mass is 10.1. The summed E-state index contributed by atoms with van der Waals surface area (Å²) in [7, 11) is 0. The highest BCUT2D eigenvalue weighted by molar-refractivity contribution is 5.89. The first-order chi connectivity index (χ1) is 10.7. The van der Waals surface area contributed by atoms with Crippen LogP contribution in [0.25, 0.3) is 0 Å². The minimum absolute atomic E-state index is 0.196. The molecule has 0 heterocycles. The van der Waals surface area contributed by atoms with Crippen LogP contribution >= 0.6 is 0 Å². The molecule has 2 aliphatic carbocycles. The van der Waals surface area contributed by atoms with E-state index in [2.05, 4.69) is 16.7 Å². The minimum atomic E-state index is -0.662. The van der Waals surface area contributed by atoms with Gasteiger partial charge in [0, 0.05) is 18.8 Å².